The SMILES string of the molecule is COc1cc(C)cc(F)c1[C@H]1[C@H](CN)C1(C)C. The Morgan fingerprint density at radius 3 is 2.53 bits per heavy atom. The van der Waals surface area contributed by atoms with E-state index in [1.165, 1.54) is 0 Å². The van der Waals surface area contributed by atoms with Gasteiger partial charge in [0.15, 0.2) is 0 Å². The molecule has 1 aromatic carbocycles. The first-order valence-electron chi connectivity index (χ1n) is 5.97. The van der Waals surface area contributed by atoms with Gasteiger partial charge in [-0.25, -0.2) is 4.39 Å². The first-order chi connectivity index (χ1) is 7.93. The number of hydrogen-bond acceptors (Lipinski definition) is 2. The predicted octanol–water partition coefficient (Wildman–Crippen LogP) is 2.84. The van der Waals surface area contributed by atoms with Crippen LogP contribution in [-0.4, -0.2) is 13.7 Å². The average Bonchev–Trinajstić information content (AvgIpc) is 2.79. The van der Waals surface area contributed by atoms with E-state index in [0.717, 1.165) is 5.56 Å². The van der Waals surface area contributed by atoms with Gasteiger partial charge >= 0.3 is 0 Å². The summed E-state index contributed by atoms with van der Waals surface area (Å²) in [7, 11) is 1.59. The molecule has 1 aliphatic rings. The van der Waals surface area contributed by atoms with Crippen molar-refractivity contribution in [1.82, 2.24) is 0 Å². The van der Waals surface area contributed by atoms with Crippen LogP contribution in [0.15, 0.2) is 12.1 Å². The number of nitrogens with two attached hydrogens (primary N) is 1. The molecule has 0 spiro atoms. The van der Waals surface area contributed by atoms with E-state index in [1.54, 1.807) is 13.2 Å². The first-order valence-corrected chi connectivity index (χ1v) is 5.97. The third kappa shape index (κ3) is 1.82. The molecule has 0 unspecified atom stereocenters. The van der Waals surface area contributed by atoms with Gasteiger partial charge in [-0.2, -0.15) is 0 Å². The van der Waals surface area contributed by atoms with Crippen LogP contribution in [0.1, 0.15) is 30.9 Å². The minimum Gasteiger partial charge on any atom is -0.496 e. The summed E-state index contributed by atoms with van der Waals surface area (Å²) < 4.78 is 19.4. The summed E-state index contributed by atoms with van der Waals surface area (Å²) in [5.74, 6) is 0.990. The lowest BCUT2D eigenvalue weighted by molar-refractivity contribution is 0.401. The third-order valence-electron chi connectivity index (χ3n) is 4.07. The van der Waals surface area contributed by atoms with Gasteiger partial charge < -0.3 is 10.5 Å². The van der Waals surface area contributed by atoms with Gasteiger partial charge in [0.25, 0.3) is 0 Å². The highest BCUT2D eigenvalue weighted by Gasteiger charge is 2.59. The van der Waals surface area contributed by atoms with Crippen molar-refractivity contribution in [2.45, 2.75) is 26.7 Å². The number of aryl methyl sites for hydroxylation is 1. The summed E-state index contributed by atoms with van der Waals surface area (Å²) in [6.07, 6.45) is 0. The van der Waals surface area contributed by atoms with E-state index < -0.39 is 0 Å². The van der Waals surface area contributed by atoms with Crippen LogP contribution in [0.5, 0.6) is 5.75 Å². The number of methoxy groups -OCH3 is 1. The normalized spacial score (nSPS) is 25.8. The molecule has 2 rings (SSSR count). The van der Waals surface area contributed by atoms with E-state index in [9.17, 15) is 4.39 Å². The van der Waals surface area contributed by atoms with Crippen LogP contribution in [-0.2, 0) is 0 Å². The highest BCUT2D eigenvalue weighted by Crippen LogP contribution is 2.65. The van der Waals surface area contributed by atoms with Crippen molar-refractivity contribution >= 4 is 0 Å². The van der Waals surface area contributed by atoms with E-state index in [2.05, 4.69) is 13.8 Å². The van der Waals surface area contributed by atoms with E-state index in [4.69, 9.17) is 10.5 Å². The molecule has 17 heavy (non-hydrogen) atoms. The summed E-state index contributed by atoms with van der Waals surface area (Å²) in [6.45, 7) is 6.73. The maximum Gasteiger partial charge on any atom is 0.130 e. The van der Waals surface area contributed by atoms with Crippen molar-refractivity contribution in [3.05, 3.63) is 29.1 Å². The van der Waals surface area contributed by atoms with Gasteiger partial charge in [-0.15, -0.1) is 0 Å². The van der Waals surface area contributed by atoms with Crippen LogP contribution >= 0.6 is 0 Å². The highest BCUT2D eigenvalue weighted by molar-refractivity contribution is 5.46. The molecule has 3 heteroatoms. The fourth-order valence-electron chi connectivity index (χ4n) is 2.95. The predicted molar refractivity (Wildman–Crippen MR) is 66.8 cm³/mol. The van der Waals surface area contributed by atoms with E-state index in [-0.39, 0.29) is 17.2 Å². The van der Waals surface area contributed by atoms with Crippen LogP contribution in [0, 0.1) is 24.1 Å². The van der Waals surface area contributed by atoms with Gasteiger partial charge in [0.2, 0.25) is 0 Å². The van der Waals surface area contributed by atoms with Crippen LogP contribution in [0.3, 0.4) is 0 Å². The van der Waals surface area contributed by atoms with Crippen molar-refractivity contribution in [3.8, 4) is 5.75 Å². The zero-order valence-electron chi connectivity index (χ0n) is 10.9. The minimum atomic E-state index is -0.170. The molecule has 0 radical (unpaired) electrons. The second kappa shape index (κ2) is 3.98. The monoisotopic (exact) mass is 237 g/mol. The Balaban J connectivity index is 2.47. The Kier molecular flexibility index (Phi) is 2.90. The molecule has 0 aromatic heterocycles. The molecular weight excluding hydrogens is 217 g/mol. The van der Waals surface area contributed by atoms with Crippen molar-refractivity contribution in [1.29, 1.82) is 0 Å². The van der Waals surface area contributed by atoms with Gasteiger partial charge in [-0.3, -0.25) is 0 Å². The Hall–Kier alpha value is -1.09. The standard InChI is InChI=1S/C14H20FNO/c1-8-5-10(15)12(11(6-8)17-4)13-9(7-16)14(13,2)3/h5-6,9,13H,7,16H2,1-4H3/t9-,13+/m0/s1. The third-order valence-corrected chi connectivity index (χ3v) is 4.07. The zero-order valence-corrected chi connectivity index (χ0v) is 10.9. The molecule has 0 aliphatic heterocycles. The second-order valence-electron chi connectivity index (χ2n) is 5.50. The quantitative estimate of drug-likeness (QED) is 0.877. The van der Waals surface area contributed by atoms with Gasteiger partial charge in [-0.05, 0) is 42.5 Å². The largest absolute Gasteiger partial charge is 0.496 e. The summed E-state index contributed by atoms with van der Waals surface area (Å²) in [5, 5.41) is 0. The average molecular weight is 237 g/mol. The van der Waals surface area contributed by atoms with E-state index in [1.807, 2.05) is 13.0 Å². The molecule has 2 nitrogen and oxygen atoms in total. The lowest BCUT2D eigenvalue weighted by atomic mass is 10.00. The number of halogens is 1. The van der Waals surface area contributed by atoms with Gasteiger partial charge in [0.05, 0.1) is 7.11 Å². The van der Waals surface area contributed by atoms with Crippen LogP contribution in [0.4, 0.5) is 4.39 Å². The van der Waals surface area contributed by atoms with Crippen molar-refractivity contribution in [2.24, 2.45) is 17.1 Å². The van der Waals surface area contributed by atoms with Crippen LogP contribution in [0.2, 0.25) is 0 Å². The lowest BCUT2D eigenvalue weighted by Crippen LogP contribution is -2.05. The fourth-order valence-corrected chi connectivity index (χ4v) is 2.95. The van der Waals surface area contributed by atoms with Gasteiger partial charge in [0, 0.05) is 11.5 Å². The molecule has 2 atom stereocenters. The summed E-state index contributed by atoms with van der Waals surface area (Å²) >= 11 is 0. The number of rotatable bonds is 3. The Labute approximate surface area is 102 Å². The highest BCUT2D eigenvalue weighted by atomic mass is 19.1. The molecule has 0 amide bonds. The summed E-state index contributed by atoms with van der Waals surface area (Å²) in [4.78, 5) is 0. The molecule has 94 valence electrons. The van der Waals surface area contributed by atoms with Crippen molar-refractivity contribution in [2.75, 3.05) is 13.7 Å². The summed E-state index contributed by atoms with van der Waals surface area (Å²) in [6, 6.07) is 3.46. The number of hydrogen-bond donors (Lipinski definition) is 1. The van der Waals surface area contributed by atoms with E-state index in [0.29, 0.717) is 23.8 Å². The lowest BCUT2D eigenvalue weighted by Gasteiger charge is -2.12. The maximum atomic E-state index is 14.1. The van der Waals surface area contributed by atoms with Crippen molar-refractivity contribution in [3.63, 3.8) is 0 Å². The molecule has 1 aromatic rings. The first kappa shape index (κ1) is 12.4. The Bertz CT molecular complexity index is 442. The fraction of sp³-hybridized carbons (Fsp3) is 0.571. The maximum absolute atomic E-state index is 14.1. The Morgan fingerprint density at radius 2 is 2.06 bits per heavy atom. The molecule has 0 heterocycles. The van der Waals surface area contributed by atoms with Crippen molar-refractivity contribution < 1.29 is 9.13 Å². The molecule has 0 bridgehead atoms. The number of benzene rings is 1. The molecular formula is C14H20FNO. The molecule has 1 saturated carbocycles. The van der Waals surface area contributed by atoms with Crippen LogP contribution < -0.4 is 10.5 Å². The second-order valence-corrected chi connectivity index (χ2v) is 5.50. The number of ether oxygens (including phenoxy) is 1. The molecule has 2 N–H and O–H groups in total. The zero-order chi connectivity index (χ0) is 12.8. The van der Waals surface area contributed by atoms with Gasteiger partial charge in [-0.1, -0.05) is 13.8 Å². The Morgan fingerprint density at radius 1 is 1.41 bits per heavy atom. The topological polar surface area (TPSA) is 35.2 Å². The molecule has 1 aliphatic carbocycles. The van der Waals surface area contributed by atoms with Crippen LogP contribution in [0.25, 0.3) is 0 Å². The molecule has 0 saturated heterocycles. The smallest absolute Gasteiger partial charge is 0.130 e. The van der Waals surface area contributed by atoms with Gasteiger partial charge in [0.1, 0.15) is 11.6 Å². The van der Waals surface area contributed by atoms with E-state index >= 15 is 0 Å². The molecule has 1 fully saturated rings. The minimum absolute atomic E-state index is 0.0676. The summed E-state index contributed by atoms with van der Waals surface area (Å²) in [5.41, 5.74) is 7.39.